The van der Waals surface area contributed by atoms with Crippen molar-refractivity contribution in [2.75, 3.05) is 38.8 Å². The Kier molecular flexibility index (Phi) is 11.7. The fraction of sp³-hybridized carbons (Fsp3) is 0.250. The van der Waals surface area contributed by atoms with Crippen molar-refractivity contribution in [1.82, 2.24) is 14.4 Å². The zero-order valence-corrected chi connectivity index (χ0v) is 30.2. The second-order valence-corrected chi connectivity index (χ2v) is 13.1. The highest BCUT2D eigenvalue weighted by atomic mass is 35.5. The van der Waals surface area contributed by atoms with Gasteiger partial charge in [-0.25, -0.2) is 0 Å². The summed E-state index contributed by atoms with van der Waals surface area (Å²) in [6, 6.07) is 31.2. The number of anilines is 2. The van der Waals surface area contributed by atoms with Crippen molar-refractivity contribution in [3.05, 3.63) is 136 Å². The first-order valence-electron chi connectivity index (χ1n) is 16.4. The third kappa shape index (κ3) is 7.74. The zero-order valence-electron chi connectivity index (χ0n) is 28.7. The number of hydrogen-bond donors (Lipinski definition) is 1. The van der Waals surface area contributed by atoms with Crippen molar-refractivity contribution in [1.29, 1.82) is 0 Å². The van der Waals surface area contributed by atoms with Crippen LogP contribution in [0.4, 0.5) is 11.4 Å². The number of carbonyl (C=O) groups is 2. The molecule has 1 aliphatic heterocycles. The summed E-state index contributed by atoms with van der Waals surface area (Å²) < 4.78 is 8.03. The van der Waals surface area contributed by atoms with Crippen molar-refractivity contribution in [3.63, 3.8) is 0 Å². The number of ether oxygens (including phenoxy) is 1. The largest absolute Gasteiger partial charge is 0.508 e. The molecule has 1 aliphatic rings. The van der Waals surface area contributed by atoms with Gasteiger partial charge in [0.15, 0.2) is 0 Å². The van der Waals surface area contributed by atoms with E-state index in [1.54, 1.807) is 47.4 Å². The number of nitrogens with zero attached hydrogens (tertiary/aromatic N) is 4. The predicted octanol–water partition coefficient (Wildman–Crippen LogP) is 7.91. The number of para-hydroxylation sites is 1. The number of amides is 2. The van der Waals surface area contributed by atoms with Crippen LogP contribution in [0.1, 0.15) is 37.5 Å². The van der Waals surface area contributed by atoms with E-state index >= 15 is 0 Å². The predicted molar refractivity (Wildman–Crippen MR) is 202 cm³/mol. The molecule has 1 aromatic heterocycles. The van der Waals surface area contributed by atoms with Crippen molar-refractivity contribution >= 4 is 47.2 Å². The molecule has 10 heteroatoms. The lowest BCUT2D eigenvalue weighted by Crippen LogP contribution is -2.47. The zero-order chi connectivity index (χ0) is 34.7. The summed E-state index contributed by atoms with van der Waals surface area (Å²) in [7, 11) is 5.91. The van der Waals surface area contributed by atoms with Gasteiger partial charge in [0.2, 0.25) is 0 Å². The van der Waals surface area contributed by atoms with Gasteiger partial charge in [0, 0.05) is 59.0 Å². The second-order valence-electron chi connectivity index (χ2n) is 12.7. The maximum Gasteiger partial charge on any atom is 0.264 e. The van der Waals surface area contributed by atoms with Crippen LogP contribution in [0.2, 0.25) is 5.02 Å². The van der Waals surface area contributed by atoms with E-state index in [9.17, 15) is 14.7 Å². The molecule has 4 aromatic carbocycles. The molecule has 50 heavy (non-hydrogen) atoms. The third-order valence-electron chi connectivity index (χ3n) is 9.19. The molecule has 2 heterocycles. The first-order chi connectivity index (χ1) is 23.6. The molecule has 260 valence electrons. The number of aromatic nitrogens is 1. The molecule has 1 atom stereocenters. The van der Waals surface area contributed by atoms with E-state index in [0.717, 1.165) is 17.8 Å². The van der Waals surface area contributed by atoms with E-state index in [2.05, 4.69) is 17.0 Å². The smallest absolute Gasteiger partial charge is 0.264 e. The summed E-state index contributed by atoms with van der Waals surface area (Å²) in [5, 5.41) is 10.4. The minimum Gasteiger partial charge on any atom is -0.508 e. The Morgan fingerprint density at radius 1 is 0.880 bits per heavy atom. The Morgan fingerprint density at radius 2 is 1.54 bits per heavy atom. The Labute approximate surface area is 304 Å². The quantitative estimate of drug-likeness (QED) is 0.149. The minimum atomic E-state index is -0.242. The van der Waals surface area contributed by atoms with E-state index < -0.39 is 0 Å². The first kappa shape index (κ1) is 36.7. The molecule has 0 radical (unpaired) electrons. The summed E-state index contributed by atoms with van der Waals surface area (Å²) in [6.07, 6.45) is 0.696. The number of rotatable bonds is 10. The molecule has 0 fully saturated rings. The van der Waals surface area contributed by atoms with Crippen LogP contribution in [0.25, 0.3) is 11.3 Å². The Balaban J connectivity index is 0.00000486. The number of aromatic hydroxyl groups is 1. The number of benzene rings is 4. The Morgan fingerprint density at radius 3 is 2.24 bits per heavy atom. The van der Waals surface area contributed by atoms with Gasteiger partial charge in [-0.2, -0.15) is 0 Å². The van der Waals surface area contributed by atoms with Crippen molar-refractivity contribution < 1.29 is 19.4 Å². The Bertz CT molecular complexity index is 1960. The summed E-state index contributed by atoms with van der Waals surface area (Å²) >= 11 is 6.59. The highest BCUT2D eigenvalue weighted by Gasteiger charge is 2.33. The number of fused-ring (bicyclic) bond motifs is 1. The number of hydrogen-bond acceptors (Lipinski definition) is 5. The monoisotopic (exact) mass is 712 g/mol. The third-order valence-corrected chi connectivity index (χ3v) is 9.42. The minimum absolute atomic E-state index is 0. The van der Waals surface area contributed by atoms with Gasteiger partial charge >= 0.3 is 0 Å². The number of likely N-dealkylation sites (N-methyl/N-ethyl adjacent to an activating group) is 1. The second kappa shape index (κ2) is 16.0. The van der Waals surface area contributed by atoms with Gasteiger partial charge in [-0.15, -0.1) is 12.4 Å². The lowest BCUT2D eigenvalue weighted by molar-refractivity contribution is 0.0341. The average Bonchev–Trinajstić information content (AvgIpc) is 3.40. The van der Waals surface area contributed by atoms with Crippen LogP contribution in [0.5, 0.6) is 5.75 Å². The standard InChI is InChI=1S/C40H41ClN4O4.ClH/c1-27-36(40(48)45(31-12-6-5-7-13-31)32-15-17-34(46)18-16-32)24-38(43(27)4)37-23-30(41)14-19-35(37)39(47)44-25-29-11-9-8-10-28(29)22-33(44)26-49-21-20-42(2)3;/h5-19,23-24,33,46H,20-22,25-26H2,1-4H3;1H/t33-;/m0./s1. The number of carbonyl (C=O) groups excluding carboxylic acids is 2. The molecule has 8 nitrogen and oxygen atoms in total. The number of phenols is 1. The normalized spacial score (nSPS) is 13.9. The highest BCUT2D eigenvalue weighted by molar-refractivity contribution is 6.31. The fourth-order valence-electron chi connectivity index (χ4n) is 6.37. The lowest BCUT2D eigenvalue weighted by Gasteiger charge is -2.37. The van der Waals surface area contributed by atoms with E-state index in [0.29, 0.717) is 65.0 Å². The molecule has 0 saturated heterocycles. The molecule has 5 aromatic rings. The van der Waals surface area contributed by atoms with Crippen LogP contribution in [-0.2, 0) is 24.8 Å². The van der Waals surface area contributed by atoms with E-state index in [-0.39, 0.29) is 36.0 Å². The van der Waals surface area contributed by atoms with Crippen LogP contribution < -0.4 is 4.90 Å². The molecule has 0 aliphatic carbocycles. The van der Waals surface area contributed by atoms with Gasteiger partial charge in [0.1, 0.15) is 5.75 Å². The maximum atomic E-state index is 14.6. The molecular formula is C40H42Cl2N4O4. The SMILES string of the molecule is Cc1c(C(=O)N(c2ccccc2)c2ccc(O)cc2)cc(-c2cc(Cl)ccc2C(=O)N2Cc3ccccc3C[C@H]2COCCN(C)C)n1C.Cl. The van der Waals surface area contributed by atoms with E-state index in [4.69, 9.17) is 16.3 Å². The van der Waals surface area contributed by atoms with Crippen molar-refractivity contribution in [2.24, 2.45) is 7.05 Å². The molecule has 0 unspecified atom stereocenters. The van der Waals surface area contributed by atoms with E-state index in [1.807, 2.05) is 86.1 Å². The molecule has 0 saturated carbocycles. The lowest BCUT2D eigenvalue weighted by atomic mass is 9.93. The van der Waals surface area contributed by atoms with Gasteiger partial charge in [-0.3, -0.25) is 14.5 Å². The highest BCUT2D eigenvalue weighted by Crippen LogP contribution is 2.36. The maximum absolute atomic E-state index is 14.6. The van der Waals surface area contributed by atoms with Crippen LogP contribution in [0.3, 0.4) is 0 Å². The fourth-order valence-corrected chi connectivity index (χ4v) is 6.54. The summed E-state index contributed by atoms with van der Waals surface area (Å²) in [4.78, 5) is 34.7. The molecule has 6 rings (SSSR count). The van der Waals surface area contributed by atoms with Gasteiger partial charge < -0.3 is 24.2 Å². The average molecular weight is 714 g/mol. The molecular weight excluding hydrogens is 671 g/mol. The summed E-state index contributed by atoms with van der Waals surface area (Å²) in [6.45, 7) is 4.15. The molecule has 2 amide bonds. The number of phenolic OH excluding ortho intramolecular Hbond substituents is 1. The van der Waals surface area contributed by atoms with Crippen LogP contribution in [0.15, 0.2) is 103 Å². The molecule has 0 bridgehead atoms. The van der Waals surface area contributed by atoms with Gasteiger partial charge in [0.05, 0.1) is 24.8 Å². The van der Waals surface area contributed by atoms with Crippen molar-refractivity contribution in [2.45, 2.75) is 25.9 Å². The van der Waals surface area contributed by atoms with Crippen LogP contribution in [-0.4, -0.2) is 71.2 Å². The van der Waals surface area contributed by atoms with Crippen molar-refractivity contribution in [3.8, 4) is 17.0 Å². The van der Waals surface area contributed by atoms with Gasteiger partial charge in [0.25, 0.3) is 11.8 Å². The molecule has 0 spiro atoms. The summed E-state index contributed by atoms with van der Waals surface area (Å²) in [5.74, 6) is -0.252. The Hall–Kier alpha value is -4.60. The van der Waals surface area contributed by atoms with Gasteiger partial charge in [-0.1, -0.05) is 54.1 Å². The van der Waals surface area contributed by atoms with Gasteiger partial charge in [-0.05, 0) is 99.2 Å². The summed E-state index contributed by atoms with van der Waals surface area (Å²) in [5.41, 5.74) is 6.69. The van der Waals surface area contributed by atoms with Crippen LogP contribution in [0, 0.1) is 6.92 Å². The van der Waals surface area contributed by atoms with Crippen LogP contribution >= 0.6 is 24.0 Å². The molecule has 1 N–H and O–H groups in total. The van der Waals surface area contributed by atoms with E-state index in [1.165, 1.54) is 5.56 Å². The number of halogens is 2. The first-order valence-corrected chi connectivity index (χ1v) is 16.7. The topological polar surface area (TPSA) is 78.2 Å².